The smallest absolute Gasteiger partial charge is 0.0765 e. The lowest BCUT2D eigenvalue weighted by molar-refractivity contribution is 0.110. The SMILES string of the molecule is CCC1CNC(C2CC2)CN1Cc1ccn(C(C)CC)n1. The van der Waals surface area contributed by atoms with E-state index in [1.165, 1.54) is 31.5 Å². The molecular formula is C17H30N4. The van der Waals surface area contributed by atoms with Crippen molar-refractivity contribution in [1.29, 1.82) is 0 Å². The summed E-state index contributed by atoms with van der Waals surface area (Å²) in [6.07, 6.45) is 7.34. The zero-order valence-corrected chi connectivity index (χ0v) is 13.8. The van der Waals surface area contributed by atoms with Crippen LogP contribution in [0.4, 0.5) is 0 Å². The predicted molar refractivity (Wildman–Crippen MR) is 86.2 cm³/mol. The molecule has 4 nitrogen and oxygen atoms in total. The fraction of sp³-hybridized carbons (Fsp3) is 0.824. The largest absolute Gasteiger partial charge is 0.311 e. The zero-order valence-electron chi connectivity index (χ0n) is 13.8. The minimum Gasteiger partial charge on any atom is -0.311 e. The van der Waals surface area contributed by atoms with Crippen molar-refractivity contribution in [3.05, 3.63) is 18.0 Å². The van der Waals surface area contributed by atoms with E-state index < -0.39 is 0 Å². The van der Waals surface area contributed by atoms with Gasteiger partial charge in [0.05, 0.1) is 5.69 Å². The molecule has 1 aromatic heterocycles. The van der Waals surface area contributed by atoms with E-state index in [9.17, 15) is 0 Å². The zero-order chi connectivity index (χ0) is 14.8. The van der Waals surface area contributed by atoms with Gasteiger partial charge in [0.1, 0.15) is 0 Å². The van der Waals surface area contributed by atoms with Crippen molar-refractivity contribution >= 4 is 0 Å². The molecule has 4 heteroatoms. The summed E-state index contributed by atoms with van der Waals surface area (Å²) in [5.74, 6) is 0.933. The molecular weight excluding hydrogens is 260 g/mol. The van der Waals surface area contributed by atoms with E-state index >= 15 is 0 Å². The van der Waals surface area contributed by atoms with E-state index in [-0.39, 0.29) is 0 Å². The van der Waals surface area contributed by atoms with Crippen molar-refractivity contribution in [2.45, 2.75) is 71.1 Å². The highest BCUT2D eigenvalue weighted by atomic mass is 15.3. The molecule has 118 valence electrons. The van der Waals surface area contributed by atoms with Crippen molar-refractivity contribution in [3.8, 4) is 0 Å². The second-order valence-electron chi connectivity index (χ2n) is 6.89. The summed E-state index contributed by atoms with van der Waals surface area (Å²) in [6, 6.07) is 4.08. The Morgan fingerprint density at radius 2 is 2.19 bits per heavy atom. The molecule has 1 saturated heterocycles. The first-order chi connectivity index (χ1) is 10.2. The molecule has 3 atom stereocenters. The van der Waals surface area contributed by atoms with E-state index in [0.29, 0.717) is 18.1 Å². The summed E-state index contributed by atoms with van der Waals surface area (Å²) >= 11 is 0. The number of rotatable bonds is 6. The number of piperazine rings is 1. The Balaban J connectivity index is 1.64. The molecule has 21 heavy (non-hydrogen) atoms. The maximum absolute atomic E-state index is 4.78. The van der Waals surface area contributed by atoms with Crippen LogP contribution < -0.4 is 5.32 Å². The molecule has 0 bridgehead atoms. The first-order valence-electron chi connectivity index (χ1n) is 8.72. The lowest BCUT2D eigenvalue weighted by Gasteiger charge is -2.40. The Labute approximate surface area is 128 Å². The Hall–Kier alpha value is -0.870. The van der Waals surface area contributed by atoms with Crippen LogP contribution in [-0.4, -0.2) is 39.9 Å². The van der Waals surface area contributed by atoms with Crippen LogP contribution in [0, 0.1) is 5.92 Å². The third kappa shape index (κ3) is 3.49. The summed E-state index contributed by atoms with van der Waals surface area (Å²) in [6.45, 7) is 10.1. The van der Waals surface area contributed by atoms with Crippen LogP contribution in [0.5, 0.6) is 0 Å². The van der Waals surface area contributed by atoms with Gasteiger partial charge >= 0.3 is 0 Å². The molecule has 2 aliphatic rings. The van der Waals surface area contributed by atoms with Gasteiger partial charge in [-0.3, -0.25) is 9.58 Å². The van der Waals surface area contributed by atoms with Gasteiger partial charge in [-0.25, -0.2) is 0 Å². The summed E-state index contributed by atoms with van der Waals surface area (Å²) in [7, 11) is 0. The molecule has 1 aliphatic carbocycles. The Morgan fingerprint density at radius 1 is 1.38 bits per heavy atom. The van der Waals surface area contributed by atoms with Crippen molar-refractivity contribution in [2.75, 3.05) is 13.1 Å². The topological polar surface area (TPSA) is 33.1 Å². The molecule has 0 amide bonds. The summed E-state index contributed by atoms with van der Waals surface area (Å²) in [5.41, 5.74) is 1.23. The number of hydrogen-bond acceptors (Lipinski definition) is 3. The van der Waals surface area contributed by atoms with Crippen molar-refractivity contribution in [1.82, 2.24) is 20.0 Å². The highest BCUT2D eigenvalue weighted by Crippen LogP contribution is 2.34. The molecule has 3 rings (SSSR count). The van der Waals surface area contributed by atoms with Crippen molar-refractivity contribution in [3.63, 3.8) is 0 Å². The van der Waals surface area contributed by atoms with Gasteiger partial charge in [-0.05, 0) is 44.6 Å². The average Bonchev–Trinajstić information content (AvgIpc) is 3.26. The molecule has 1 aliphatic heterocycles. The van der Waals surface area contributed by atoms with Gasteiger partial charge in [0.15, 0.2) is 0 Å². The van der Waals surface area contributed by atoms with Gasteiger partial charge in [0.25, 0.3) is 0 Å². The monoisotopic (exact) mass is 290 g/mol. The minimum atomic E-state index is 0.503. The molecule has 0 aromatic carbocycles. The van der Waals surface area contributed by atoms with Gasteiger partial charge in [-0.15, -0.1) is 0 Å². The van der Waals surface area contributed by atoms with Crippen molar-refractivity contribution < 1.29 is 0 Å². The van der Waals surface area contributed by atoms with Gasteiger partial charge in [0, 0.05) is 44.0 Å². The molecule has 3 unspecified atom stereocenters. The number of hydrogen-bond donors (Lipinski definition) is 1. The van der Waals surface area contributed by atoms with E-state index in [2.05, 4.69) is 47.9 Å². The highest BCUT2D eigenvalue weighted by molar-refractivity contribution is 5.02. The predicted octanol–water partition coefficient (Wildman–Crippen LogP) is 2.82. The van der Waals surface area contributed by atoms with Crippen LogP contribution >= 0.6 is 0 Å². The maximum atomic E-state index is 4.78. The maximum Gasteiger partial charge on any atom is 0.0765 e. The molecule has 0 spiro atoms. The molecule has 2 heterocycles. The number of nitrogens with zero attached hydrogens (tertiary/aromatic N) is 3. The fourth-order valence-electron chi connectivity index (χ4n) is 3.40. The molecule has 0 radical (unpaired) electrons. The van der Waals surface area contributed by atoms with Gasteiger partial charge in [0.2, 0.25) is 0 Å². The second kappa shape index (κ2) is 6.49. The molecule has 1 N–H and O–H groups in total. The van der Waals surface area contributed by atoms with E-state index in [4.69, 9.17) is 5.10 Å². The molecule has 1 saturated carbocycles. The van der Waals surface area contributed by atoms with E-state index in [1.54, 1.807) is 0 Å². The standard InChI is InChI=1S/C17H30N4/c1-4-13(3)21-9-8-15(19-21)11-20-12-17(14-6-7-14)18-10-16(20)5-2/h8-9,13-14,16-18H,4-7,10-12H2,1-3H3. The molecule has 1 aromatic rings. The Bertz CT molecular complexity index is 451. The second-order valence-corrected chi connectivity index (χ2v) is 6.89. The quantitative estimate of drug-likeness (QED) is 0.874. The first kappa shape index (κ1) is 15.0. The summed E-state index contributed by atoms with van der Waals surface area (Å²) in [4.78, 5) is 2.66. The Kier molecular flexibility index (Phi) is 4.65. The number of nitrogens with one attached hydrogen (secondary N) is 1. The van der Waals surface area contributed by atoms with Crippen LogP contribution in [0.1, 0.15) is 58.2 Å². The van der Waals surface area contributed by atoms with Crippen molar-refractivity contribution in [2.24, 2.45) is 5.92 Å². The van der Waals surface area contributed by atoms with Crippen LogP contribution in [0.15, 0.2) is 12.3 Å². The lowest BCUT2D eigenvalue weighted by atomic mass is 10.0. The van der Waals surface area contributed by atoms with Gasteiger partial charge in [-0.2, -0.15) is 5.10 Å². The third-order valence-electron chi connectivity index (χ3n) is 5.30. The van der Waals surface area contributed by atoms with E-state index in [0.717, 1.165) is 25.4 Å². The van der Waals surface area contributed by atoms with Crippen LogP contribution in [0.3, 0.4) is 0 Å². The summed E-state index contributed by atoms with van der Waals surface area (Å²) in [5, 5.41) is 8.55. The molecule has 2 fully saturated rings. The fourth-order valence-corrected chi connectivity index (χ4v) is 3.40. The Morgan fingerprint density at radius 3 is 2.86 bits per heavy atom. The average molecular weight is 290 g/mol. The van der Waals surface area contributed by atoms with Gasteiger partial charge in [-0.1, -0.05) is 13.8 Å². The van der Waals surface area contributed by atoms with E-state index in [1.807, 2.05) is 0 Å². The lowest BCUT2D eigenvalue weighted by Crippen LogP contribution is -2.56. The highest BCUT2D eigenvalue weighted by Gasteiger charge is 2.36. The third-order valence-corrected chi connectivity index (χ3v) is 5.30. The first-order valence-corrected chi connectivity index (χ1v) is 8.72. The van der Waals surface area contributed by atoms with Crippen LogP contribution in [0.2, 0.25) is 0 Å². The minimum absolute atomic E-state index is 0.503. The summed E-state index contributed by atoms with van der Waals surface area (Å²) < 4.78 is 2.12. The normalized spacial score (nSPS) is 28.7. The van der Waals surface area contributed by atoms with Crippen LogP contribution in [-0.2, 0) is 6.54 Å². The van der Waals surface area contributed by atoms with Gasteiger partial charge < -0.3 is 5.32 Å². The van der Waals surface area contributed by atoms with Crippen LogP contribution in [0.25, 0.3) is 0 Å². The number of aromatic nitrogens is 2.